The van der Waals surface area contributed by atoms with Crippen molar-refractivity contribution in [1.82, 2.24) is 0 Å². The Bertz CT molecular complexity index is 1090. The lowest BCUT2D eigenvalue weighted by Crippen LogP contribution is -2.41. The Kier molecular flexibility index (Phi) is 8.95. The standard InChI is InChI=1S/C25H29ClFN3O5/c1-15(2)14-30(18-8-10-34-11-9-18)23-7-5-19(35-16(3)24(31)32)13-22(23)29-25(33)28-21-6-4-17(26)12-20(21)27/h4-7,12-13,16,18H,1,8-11,14H2,2-3H3,(H,31,32)(H2,28,29,33). The Morgan fingerprint density at radius 1 is 1.23 bits per heavy atom. The normalized spacial score (nSPS) is 14.6. The molecule has 0 bridgehead atoms. The molecule has 0 saturated carbocycles. The summed E-state index contributed by atoms with van der Waals surface area (Å²) in [5, 5.41) is 14.6. The Morgan fingerprint density at radius 3 is 2.54 bits per heavy atom. The molecule has 1 aliphatic rings. The lowest BCUT2D eigenvalue weighted by Gasteiger charge is -2.37. The summed E-state index contributed by atoms with van der Waals surface area (Å²) in [6.45, 7) is 9.15. The van der Waals surface area contributed by atoms with Gasteiger partial charge in [0.25, 0.3) is 0 Å². The van der Waals surface area contributed by atoms with Crippen molar-refractivity contribution in [2.24, 2.45) is 0 Å². The fraction of sp³-hybridized carbons (Fsp3) is 0.360. The van der Waals surface area contributed by atoms with E-state index in [1.54, 1.807) is 18.2 Å². The van der Waals surface area contributed by atoms with Crippen molar-refractivity contribution >= 4 is 40.7 Å². The fourth-order valence-corrected chi connectivity index (χ4v) is 3.92. The monoisotopic (exact) mass is 505 g/mol. The van der Waals surface area contributed by atoms with E-state index in [4.69, 9.17) is 21.1 Å². The van der Waals surface area contributed by atoms with Crippen LogP contribution in [-0.2, 0) is 9.53 Å². The first-order valence-corrected chi connectivity index (χ1v) is 11.6. The predicted molar refractivity (Wildman–Crippen MR) is 134 cm³/mol. The number of carbonyl (C=O) groups excluding carboxylic acids is 1. The molecule has 1 aliphatic heterocycles. The van der Waals surface area contributed by atoms with Crippen LogP contribution in [-0.4, -0.2) is 49.0 Å². The summed E-state index contributed by atoms with van der Waals surface area (Å²) in [5.41, 5.74) is 1.96. The van der Waals surface area contributed by atoms with Crippen molar-refractivity contribution in [3.8, 4) is 5.75 Å². The maximum Gasteiger partial charge on any atom is 0.344 e. The van der Waals surface area contributed by atoms with E-state index >= 15 is 0 Å². The fourth-order valence-electron chi connectivity index (χ4n) is 3.76. The zero-order valence-corrected chi connectivity index (χ0v) is 20.4. The van der Waals surface area contributed by atoms with E-state index in [0.717, 1.165) is 24.5 Å². The van der Waals surface area contributed by atoms with Crippen LogP contribution < -0.4 is 20.3 Å². The number of urea groups is 1. The van der Waals surface area contributed by atoms with Crippen LogP contribution in [0.1, 0.15) is 26.7 Å². The molecule has 0 radical (unpaired) electrons. The number of rotatable bonds is 9. The van der Waals surface area contributed by atoms with Crippen molar-refractivity contribution in [2.45, 2.75) is 38.8 Å². The Morgan fingerprint density at radius 2 is 1.91 bits per heavy atom. The number of ether oxygens (including phenoxy) is 2. The second-order valence-corrected chi connectivity index (χ2v) is 8.85. The van der Waals surface area contributed by atoms with Gasteiger partial charge in [0.2, 0.25) is 0 Å². The summed E-state index contributed by atoms with van der Waals surface area (Å²) >= 11 is 5.79. The van der Waals surface area contributed by atoms with Gasteiger partial charge in [0.1, 0.15) is 11.6 Å². The predicted octanol–water partition coefficient (Wildman–Crippen LogP) is 5.54. The number of hydrogen-bond donors (Lipinski definition) is 3. The molecule has 10 heteroatoms. The first-order valence-electron chi connectivity index (χ1n) is 11.2. The topological polar surface area (TPSA) is 100 Å². The first-order chi connectivity index (χ1) is 16.6. The van der Waals surface area contributed by atoms with Crippen LogP contribution in [0.15, 0.2) is 48.6 Å². The quantitative estimate of drug-likeness (QED) is 0.387. The molecule has 1 saturated heterocycles. The maximum absolute atomic E-state index is 14.2. The van der Waals surface area contributed by atoms with Crippen molar-refractivity contribution in [1.29, 1.82) is 0 Å². The molecule has 2 amide bonds. The van der Waals surface area contributed by atoms with Crippen LogP contribution in [0.2, 0.25) is 5.02 Å². The minimum Gasteiger partial charge on any atom is -0.479 e. The van der Waals surface area contributed by atoms with Crippen LogP contribution in [0.25, 0.3) is 0 Å². The molecule has 3 rings (SSSR count). The number of halogens is 2. The molecule has 1 unspecified atom stereocenters. The highest BCUT2D eigenvalue weighted by Gasteiger charge is 2.25. The number of carboxylic acids is 1. The largest absolute Gasteiger partial charge is 0.479 e. The second-order valence-electron chi connectivity index (χ2n) is 8.41. The molecular weight excluding hydrogens is 477 g/mol. The molecule has 0 spiro atoms. The SMILES string of the molecule is C=C(C)CN(c1ccc(OC(C)C(=O)O)cc1NC(=O)Nc1ccc(Cl)cc1F)C1CCOCC1. The molecule has 2 aromatic carbocycles. The van der Waals surface area contributed by atoms with E-state index in [1.807, 2.05) is 6.92 Å². The average molecular weight is 506 g/mol. The third-order valence-corrected chi connectivity index (χ3v) is 5.67. The molecule has 35 heavy (non-hydrogen) atoms. The number of carbonyl (C=O) groups is 2. The van der Waals surface area contributed by atoms with Crippen LogP contribution in [0.3, 0.4) is 0 Å². The van der Waals surface area contributed by atoms with Crippen LogP contribution in [0.5, 0.6) is 5.75 Å². The van der Waals surface area contributed by atoms with Gasteiger partial charge in [0.15, 0.2) is 6.10 Å². The Balaban J connectivity index is 1.94. The molecule has 2 aromatic rings. The van der Waals surface area contributed by atoms with Crippen molar-refractivity contribution < 1.29 is 28.6 Å². The van der Waals surface area contributed by atoms with Gasteiger partial charge in [-0.05, 0) is 57.0 Å². The molecule has 188 valence electrons. The highest BCUT2D eigenvalue weighted by atomic mass is 35.5. The molecule has 1 heterocycles. The number of anilines is 3. The minimum absolute atomic E-state index is 0.0384. The van der Waals surface area contributed by atoms with E-state index in [0.29, 0.717) is 31.1 Å². The first kappa shape index (κ1) is 26.3. The van der Waals surface area contributed by atoms with E-state index < -0.39 is 23.9 Å². The molecule has 8 nitrogen and oxygen atoms in total. The van der Waals surface area contributed by atoms with E-state index in [1.165, 1.54) is 19.1 Å². The zero-order chi connectivity index (χ0) is 25.5. The highest BCUT2D eigenvalue weighted by molar-refractivity contribution is 6.30. The number of amides is 2. The lowest BCUT2D eigenvalue weighted by atomic mass is 10.0. The minimum atomic E-state index is -1.12. The summed E-state index contributed by atoms with van der Waals surface area (Å²) in [7, 11) is 0. The third-order valence-electron chi connectivity index (χ3n) is 5.44. The van der Waals surface area contributed by atoms with Crippen LogP contribution >= 0.6 is 11.6 Å². The van der Waals surface area contributed by atoms with Gasteiger partial charge in [-0.3, -0.25) is 0 Å². The molecule has 0 aliphatic carbocycles. The maximum atomic E-state index is 14.2. The zero-order valence-electron chi connectivity index (χ0n) is 19.6. The van der Waals surface area contributed by atoms with Crippen molar-refractivity contribution in [2.75, 3.05) is 35.3 Å². The van der Waals surface area contributed by atoms with E-state index in [2.05, 4.69) is 22.1 Å². The van der Waals surface area contributed by atoms with Crippen LogP contribution in [0.4, 0.5) is 26.2 Å². The average Bonchev–Trinajstić information content (AvgIpc) is 2.80. The molecular formula is C25H29ClFN3O5. The lowest BCUT2D eigenvalue weighted by molar-refractivity contribution is -0.144. The molecule has 3 N–H and O–H groups in total. The Hall–Kier alpha value is -3.30. The molecule has 0 aromatic heterocycles. The van der Waals surface area contributed by atoms with Crippen molar-refractivity contribution in [3.05, 3.63) is 59.4 Å². The van der Waals surface area contributed by atoms with E-state index in [-0.39, 0.29) is 22.5 Å². The molecule has 1 fully saturated rings. The number of benzene rings is 2. The number of carboxylic acid groups (broad SMARTS) is 1. The van der Waals surface area contributed by atoms with Gasteiger partial charge in [-0.15, -0.1) is 0 Å². The Labute approximate surface area is 208 Å². The van der Waals surface area contributed by atoms with Crippen molar-refractivity contribution in [3.63, 3.8) is 0 Å². The van der Waals surface area contributed by atoms with Gasteiger partial charge in [0.05, 0.1) is 17.1 Å². The second kappa shape index (κ2) is 11.9. The highest BCUT2D eigenvalue weighted by Crippen LogP contribution is 2.34. The van der Waals surface area contributed by atoms with E-state index in [9.17, 15) is 19.1 Å². The summed E-state index contributed by atoms with van der Waals surface area (Å²) in [5.74, 6) is -1.53. The van der Waals surface area contributed by atoms with Gasteiger partial charge in [-0.2, -0.15) is 0 Å². The van der Waals surface area contributed by atoms with Gasteiger partial charge >= 0.3 is 12.0 Å². The number of nitrogens with one attached hydrogen (secondary N) is 2. The summed E-state index contributed by atoms with van der Waals surface area (Å²) < 4.78 is 25.2. The number of aliphatic carboxylic acids is 1. The number of nitrogens with zero attached hydrogens (tertiary/aromatic N) is 1. The smallest absolute Gasteiger partial charge is 0.344 e. The summed E-state index contributed by atoms with van der Waals surface area (Å²) in [6.07, 6.45) is 0.500. The summed E-state index contributed by atoms with van der Waals surface area (Å²) in [6, 6.07) is 8.36. The van der Waals surface area contributed by atoms with Gasteiger partial charge < -0.3 is 30.1 Å². The number of hydrogen-bond acceptors (Lipinski definition) is 5. The van der Waals surface area contributed by atoms with Gasteiger partial charge in [-0.1, -0.05) is 23.8 Å². The summed E-state index contributed by atoms with van der Waals surface area (Å²) in [4.78, 5) is 26.2. The van der Waals surface area contributed by atoms with Gasteiger partial charge in [0, 0.05) is 36.9 Å². The molecule has 1 atom stereocenters. The van der Waals surface area contributed by atoms with Crippen LogP contribution in [0, 0.1) is 5.82 Å². The third kappa shape index (κ3) is 7.34. The van der Waals surface area contributed by atoms with Gasteiger partial charge in [-0.25, -0.2) is 14.0 Å².